The van der Waals surface area contributed by atoms with Gasteiger partial charge in [0.25, 0.3) is 0 Å². The fraction of sp³-hybridized carbons (Fsp3) is 0.286. The number of imidazole rings is 1. The van der Waals surface area contributed by atoms with Crippen molar-refractivity contribution >= 4 is 5.97 Å². The first-order chi connectivity index (χ1) is 8.75. The predicted octanol–water partition coefficient (Wildman–Crippen LogP) is 2.51. The molecule has 0 saturated carbocycles. The summed E-state index contributed by atoms with van der Waals surface area (Å²) < 4.78 is 1.81. The van der Waals surface area contributed by atoms with Crippen LogP contribution in [0.2, 0.25) is 0 Å². The molecule has 0 bridgehead atoms. The van der Waals surface area contributed by atoms with Crippen LogP contribution in [0.4, 0.5) is 0 Å². The second kappa shape index (κ2) is 4.29. The number of aryl methyl sites for hydroxylation is 1. The second-order valence-corrected chi connectivity index (χ2v) is 4.56. The minimum Gasteiger partial charge on any atom is -0.480 e. The Morgan fingerprint density at radius 1 is 1.33 bits per heavy atom. The highest BCUT2D eigenvalue weighted by molar-refractivity contribution is 5.72. The van der Waals surface area contributed by atoms with E-state index in [9.17, 15) is 9.90 Å². The van der Waals surface area contributed by atoms with Crippen LogP contribution in [0, 0.1) is 0 Å². The van der Waals surface area contributed by atoms with E-state index in [0.29, 0.717) is 6.42 Å². The molecule has 0 aliphatic carbocycles. The first kappa shape index (κ1) is 11.0. The zero-order valence-electron chi connectivity index (χ0n) is 9.91. The molecule has 1 aromatic carbocycles. The Bertz CT molecular complexity index is 575. The summed E-state index contributed by atoms with van der Waals surface area (Å²) in [7, 11) is 0. The summed E-state index contributed by atoms with van der Waals surface area (Å²) in [6.45, 7) is 0. The van der Waals surface area contributed by atoms with Gasteiger partial charge in [0.1, 0.15) is 11.9 Å². The third kappa shape index (κ3) is 1.79. The molecule has 3 rings (SSSR count). The Morgan fingerprint density at radius 2 is 2.11 bits per heavy atom. The van der Waals surface area contributed by atoms with Gasteiger partial charge < -0.3 is 9.67 Å². The van der Waals surface area contributed by atoms with Crippen LogP contribution >= 0.6 is 0 Å². The number of hydrogen-bond acceptors (Lipinski definition) is 2. The number of hydrogen-bond donors (Lipinski definition) is 1. The fourth-order valence-corrected chi connectivity index (χ4v) is 2.47. The molecule has 4 nitrogen and oxygen atoms in total. The number of aromatic nitrogens is 2. The number of carboxylic acid groups (broad SMARTS) is 1. The quantitative estimate of drug-likeness (QED) is 0.880. The fourth-order valence-electron chi connectivity index (χ4n) is 2.47. The lowest BCUT2D eigenvalue weighted by Gasteiger charge is -2.20. The van der Waals surface area contributed by atoms with Crippen LogP contribution in [0.5, 0.6) is 0 Å². The number of fused-ring (bicyclic) bond motifs is 1. The van der Waals surface area contributed by atoms with Gasteiger partial charge in [-0.1, -0.05) is 30.3 Å². The normalized spacial score (nSPS) is 18.3. The van der Waals surface area contributed by atoms with Gasteiger partial charge in [-0.25, -0.2) is 9.78 Å². The van der Waals surface area contributed by atoms with Crippen LogP contribution in [0.25, 0.3) is 11.3 Å². The van der Waals surface area contributed by atoms with Crippen molar-refractivity contribution in [2.45, 2.75) is 25.3 Å². The topological polar surface area (TPSA) is 55.1 Å². The van der Waals surface area contributed by atoms with E-state index in [0.717, 1.165) is 29.9 Å². The lowest BCUT2D eigenvalue weighted by Crippen LogP contribution is -2.24. The second-order valence-electron chi connectivity index (χ2n) is 4.56. The van der Waals surface area contributed by atoms with E-state index in [4.69, 9.17) is 0 Å². The number of carboxylic acids is 1. The molecule has 18 heavy (non-hydrogen) atoms. The highest BCUT2D eigenvalue weighted by Gasteiger charge is 2.26. The number of rotatable bonds is 2. The van der Waals surface area contributed by atoms with E-state index in [-0.39, 0.29) is 0 Å². The first-order valence-corrected chi connectivity index (χ1v) is 6.11. The van der Waals surface area contributed by atoms with Crippen molar-refractivity contribution in [1.82, 2.24) is 9.55 Å². The zero-order chi connectivity index (χ0) is 12.5. The number of nitrogens with zero attached hydrogens (tertiary/aromatic N) is 2. The van der Waals surface area contributed by atoms with Crippen LogP contribution in [-0.2, 0) is 11.2 Å². The maximum atomic E-state index is 11.2. The molecule has 2 heterocycles. The van der Waals surface area contributed by atoms with Gasteiger partial charge in [-0.05, 0) is 12.8 Å². The highest BCUT2D eigenvalue weighted by Crippen LogP contribution is 2.28. The Balaban J connectivity index is 2.04. The summed E-state index contributed by atoms with van der Waals surface area (Å²) in [5.74, 6) is 0.112. The molecule has 0 radical (unpaired) electrons. The highest BCUT2D eigenvalue weighted by atomic mass is 16.4. The van der Waals surface area contributed by atoms with Crippen molar-refractivity contribution in [2.75, 3.05) is 0 Å². The zero-order valence-corrected chi connectivity index (χ0v) is 9.91. The van der Waals surface area contributed by atoms with Crippen molar-refractivity contribution in [1.29, 1.82) is 0 Å². The van der Waals surface area contributed by atoms with Gasteiger partial charge in [0.15, 0.2) is 0 Å². The van der Waals surface area contributed by atoms with Crippen LogP contribution < -0.4 is 0 Å². The standard InChI is InChI=1S/C14H14N2O2/c17-14(18)12-7-4-8-13-15-11(9-16(12)13)10-5-2-1-3-6-10/h1-3,5-6,9,12H,4,7-8H2,(H,17,18). The van der Waals surface area contributed by atoms with E-state index >= 15 is 0 Å². The molecule has 1 aliphatic heterocycles. The Morgan fingerprint density at radius 3 is 2.83 bits per heavy atom. The predicted molar refractivity (Wildman–Crippen MR) is 67.3 cm³/mol. The van der Waals surface area contributed by atoms with E-state index in [2.05, 4.69) is 4.98 Å². The largest absolute Gasteiger partial charge is 0.480 e. The van der Waals surface area contributed by atoms with Crippen LogP contribution in [0.1, 0.15) is 24.7 Å². The average Bonchev–Trinajstić information content (AvgIpc) is 2.83. The molecule has 0 fully saturated rings. The number of carbonyl (C=O) groups is 1. The lowest BCUT2D eigenvalue weighted by molar-refractivity contribution is -0.141. The summed E-state index contributed by atoms with van der Waals surface area (Å²) in [5, 5.41) is 9.22. The average molecular weight is 242 g/mol. The van der Waals surface area contributed by atoms with Crippen LogP contribution in [0.15, 0.2) is 36.5 Å². The van der Waals surface area contributed by atoms with E-state index < -0.39 is 12.0 Å². The maximum Gasteiger partial charge on any atom is 0.326 e. The molecule has 2 aromatic rings. The maximum absolute atomic E-state index is 11.2. The molecule has 0 saturated heterocycles. The summed E-state index contributed by atoms with van der Waals surface area (Å²) in [6, 6.07) is 9.40. The van der Waals surface area contributed by atoms with Gasteiger partial charge in [-0.15, -0.1) is 0 Å². The van der Waals surface area contributed by atoms with Gasteiger partial charge in [-0.2, -0.15) is 0 Å². The van der Waals surface area contributed by atoms with Crippen LogP contribution in [0.3, 0.4) is 0 Å². The molecule has 1 aliphatic rings. The molecule has 1 atom stereocenters. The Labute approximate surface area is 105 Å². The minimum absolute atomic E-state index is 0.460. The summed E-state index contributed by atoms with van der Waals surface area (Å²) in [6.07, 6.45) is 4.30. The molecule has 1 aromatic heterocycles. The van der Waals surface area contributed by atoms with Gasteiger partial charge in [-0.3, -0.25) is 0 Å². The molecular weight excluding hydrogens is 228 g/mol. The van der Waals surface area contributed by atoms with Gasteiger partial charge in [0, 0.05) is 18.2 Å². The van der Waals surface area contributed by atoms with Crippen molar-refractivity contribution < 1.29 is 9.90 Å². The molecule has 0 amide bonds. The monoisotopic (exact) mass is 242 g/mol. The van der Waals surface area contributed by atoms with Gasteiger partial charge >= 0.3 is 5.97 Å². The molecule has 1 unspecified atom stereocenters. The van der Waals surface area contributed by atoms with Gasteiger partial charge in [0.2, 0.25) is 0 Å². The molecule has 4 heteroatoms. The molecule has 1 N–H and O–H groups in total. The van der Waals surface area contributed by atoms with Crippen LogP contribution in [-0.4, -0.2) is 20.6 Å². The lowest BCUT2D eigenvalue weighted by atomic mass is 10.1. The van der Waals surface area contributed by atoms with Gasteiger partial charge in [0.05, 0.1) is 5.69 Å². The summed E-state index contributed by atoms with van der Waals surface area (Å²) >= 11 is 0. The molecular formula is C14H14N2O2. The smallest absolute Gasteiger partial charge is 0.326 e. The molecule has 92 valence electrons. The van der Waals surface area contributed by atoms with E-state index in [1.165, 1.54) is 0 Å². The van der Waals surface area contributed by atoms with Crippen molar-refractivity contribution in [3.05, 3.63) is 42.4 Å². The third-order valence-electron chi connectivity index (χ3n) is 3.38. The number of benzene rings is 1. The Hall–Kier alpha value is -2.10. The molecule has 0 spiro atoms. The van der Waals surface area contributed by atoms with Crippen molar-refractivity contribution in [3.8, 4) is 11.3 Å². The third-order valence-corrected chi connectivity index (χ3v) is 3.38. The van der Waals surface area contributed by atoms with Crippen molar-refractivity contribution in [3.63, 3.8) is 0 Å². The minimum atomic E-state index is -0.770. The van der Waals surface area contributed by atoms with E-state index in [1.807, 2.05) is 41.1 Å². The van der Waals surface area contributed by atoms with Crippen molar-refractivity contribution in [2.24, 2.45) is 0 Å². The SMILES string of the molecule is O=C(O)C1CCCc2nc(-c3ccccc3)cn21. The summed E-state index contributed by atoms with van der Waals surface area (Å²) in [4.78, 5) is 15.8. The van der Waals surface area contributed by atoms with E-state index in [1.54, 1.807) is 0 Å². The Kier molecular flexibility index (Phi) is 2.63. The summed E-state index contributed by atoms with van der Waals surface area (Å²) in [5.41, 5.74) is 1.89. The number of aliphatic carboxylic acids is 1. The first-order valence-electron chi connectivity index (χ1n) is 6.11.